The average Bonchev–Trinajstić information content (AvgIpc) is 3.29. The number of hydrogen-bond donors (Lipinski definition) is 5. The molecule has 2 aromatic heterocycles. The summed E-state index contributed by atoms with van der Waals surface area (Å²) in [6, 6.07) is 23.4. The quantitative estimate of drug-likeness (QED) is 0.0478. The lowest BCUT2D eigenvalue weighted by Crippen LogP contribution is -2.36. The molecule has 0 spiro atoms. The zero-order valence-electron chi connectivity index (χ0n) is 36.8. The number of halogens is 2. The molecule has 0 bridgehead atoms. The van der Waals surface area contributed by atoms with Gasteiger partial charge in [0.25, 0.3) is 11.8 Å². The summed E-state index contributed by atoms with van der Waals surface area (Å²) in [6.07, 6.45) is 4.60. The van der Waals surface area contributed by atoms with Gasteiger partial charge in [0.1, 0.15) is 42.4 Å². The van der Waals surface area contributed by atoms with Crippen molar-refractivity contribution in [1.29, 1.82) is 0 Å². The molecular weight excluding hydrogens is 921 g/mol. The van der Waals surface area contributed by atoms with Gasteiger partial charge in [-0.1, -0.05) is 72.8 Å². The van der Waals surface area contributed by atoms with Crippen LogP contribution in [0.2, 0.25) is 10.0 Å². The van der Waals surface area contributed by atoms with Gasteiger partial charge in [0.15, 0.2) is 11.6 Å². The van der Waals surface area contributed by atoms with Crippen LogP contribution in [0.15, 0.2) is 116 Å². The summed E-state index contributed by atoms with van der Waals surface area (Å²) in [5.74, 6) is 2.94. The number of carbonyl (C=O) groups is 2. The molecule has 0 saturated carbocycles. The number of nitrogens with two attached hydrogens (primary N) is 1. The van der Waals surface area contributed by atoms with Gasteiger partial charge in [-0.15, -0.1) is 0 Å². The second kappa shape index (κ2) is 21.1. The second-order valence-electron chi connectivity index (χ2n) is 15.3. The van der Waals surface area contributed by atoms with Gasteiger partial charge in [-0.05, 0) is 86.3 Å². The Kier molecular flexibility index (Phi) is 15.6. The van der Waals surface area contributed by atoms with Gasteiger partial charge in [0, 0.05) is 23.2 Å². The molecule has 1 atom stereocenters. The molecule has 7 rings (SSSR count). The highest BCUT2D eigenvalue weighted by Crippen LogP contribution is 2.46. The van der Waals surface area contributed by atoms with E-state index in [1.807, 2.05) is 49.4 Å². The third-order valence-electron chi connectivity index (χ3n) is 9.93. The molecule has 0 fully saturated rings. The zero-order chi connectivity index (χ0) is 47.8. The minimum atomic E-state index is -2.55. The van der Waals surface area contributed by atoms with Crippen molar-refractivity contribution in [3.05, 3.63) is 143 Å². The van der Waals surface area contributed by atoms with Crippen LogP contribution in [0.25, 0.3) is 0 Å². The lowest BCUT2D eigenvalue weighted by Gasteiger charge is -2.29. The molecule has 20 heteroatoms. The highest BCUT2D eigenvalue weighted by atomic mass is 35.5. The third-order valence-corrected chi connectivity index (χ3v) is 13.8. The van der Waals surface area contributed by atoms with Crippen molar-refractivity contribution in [2.45, 2.75) is 13.1 Å². The molecule has 0 saturated heterocycles. The van der Waals surface area contributed by atoms with Gasteiger partial charge in [0.05, 0.1) is 54.4 Å². The smallest absolute Gasteiger partial charge is 0.250 e. The molecule has 66 heavy (non-hydrogen) atoms. The number of ether oxygens (including phenoxy) is 2. The van der Waals surface area contributed by atoms with E-state index in [9.17, 15) is 18.7 Å². The number of aryl methyl sites for hydroxylation is 1. The number of aromatic nitrogens is 4. The first-order chi connectivity index (χ1) is 31.4. The molecule has 3 heterocycles. The summed E-state index contributed by atoms with van der Waals surface area (Å²) in [5.41, 5.74) is 10.7. The molecule has 6 N–H and O–H groups in total. The zero-order valence-corrected chi connectivity index (χ0v) is 40.1. The summed E-state index contributed by atoms with van der Waals surface area (Å²) >= 11 is 12.6. The molecule has 16 nitrogen and oxygen atoms in total. The van der Waals surface area contributed by atoms with Crippen molar-refractivity contribution in [3.8, 4) is 11.5 Å². The average molecular weight is 970 g/mol. The SMILES string of the molecule is C=CC(=O)N1CCOc2cc(OC)c(Nc3ncc(Cl)c(Nc4ccccc4P(C)(C)=O)n3)cc21.C=CP(C)(=O)Cc1ccc(C)c(Nc2ncc(Cl)c(Nc3ccccc3C(N)=O)n2)c1. The number of benzene rings is 4. The van der Waals surface area contributed by atoms with E-state index in [2.05, 4.69) is 54.4 Å². The Morgan fingerprint density at radius 2 is 1.44 bits per heavy atom. The number of fused-ring (bicyclic) bond motifs is 1. The molecule has 1 aliphatic heterocycles. The highest BCUT2D eigenvalue weighted by Gasteiger charge is 2.25. The maximum atomic E-state index is 12.7. The number of amides is 2. The Labute approximate surface area is 392 Å². The molecular formula is C46H48Cl2N10O6P2. The van der Waals surface area contributed by atoms with Crippen LogP contribution >= 0.6 is 37.5 Å². The van der Waals surface area contributed by atoms with E-state index in [0.29, 0.717) is 87.0 Å². The number of carbonyl (C=O) groups excluding carboxylic acids is 2. The van der Waals surface area contributed by atoms with Gasteiger partial charge in [-0.25, -0.2) is 9.97 Å². The predicted octanol–water partition coefficient (Wildman–Crippen LogP) is 10.4. The lowest BCUT2D eigenvalue weighted by molar-refractivity contribution is -0.114. The minimum Gasteiger partial charge on any atom is -0.494 e. The second-order valence-corrected chi connectivity index (χ2v) is 22.3. The Bertz CT molecular complexity index is 2930. The fraction of sp³-hybridized carbons (Fsp3) is 0.174. The number of rotatable bonds is 15. The Morgan fingerprint density at radius 1 is 0.833 bits per heavy atom. The van der Waals surface area contributed by atoms with Gasteiger partial charge in [0.2, 0.25) is 11.9 Å². The lowest BCUT2D eigenvalue weighted by atomic mass is 10.1. The van der Waals surface area contributed by atoms with Crippen LogP contribution in [0.4, 0.5) is 52.0 Å². The van der Waals surface area contributed by atoms with Crippen LogP contribution in [0, 0.1) is 6.92 Å². The first-order valence-corrected chi connectivity index (χ1v) is 25.9. The number of methoxy groups -OCH3 is 1. The van der Waals surface area contributed by atoms with E-state index < -0.39 is 20.2 Å². The fourth-order valence-electron chi connectivity index (χ4n) is 6.56. The van der Waals surface area contributed by atoms with Crippen molar-refractivity contribution < 1.29 is 28.2 Å². The number of para-hydroxylation sites is 2. The number of anilines is 9. The molecule has 1 unspecified atom stereocenters. The van der Waals surface area contributed by atoms with E-state index in [0.717, 1.165) is 16.8 Å². The van der Waals surface area contributed by atoms with Crippen molar-refractivity contribution in [3.63, 3.8) is 0 Å². The number of nitrogens with one attached hydrogen (secondary N) is 4. The predicted molar refractivity (Wildman–Crippen MR) is 267 cm³/mol. The molecule has 6 aromatic rings. The standard InChI is InChI=1S/C24H25ClN5O4P.C22H23ClN5O2P/c1-5-22(31)30-10-11-34-20-13-19(33-2)17(12-18(20)30)28-24-26-14-15(25)23(29-24)27-16-8-6-7-9-21(16)35(3,4)32;1-4-31(3,30)13-15-10-9-14(2)19(11-15)27-22-25-12-17(23)21(28-22)26-18-8-6-5-7-16(18)20(24)29/h5-9,12-14H,1,10-11H2,2-4H3,(H2,26,27,28,29);4-12H,1,13H2,2-3H3,(H2,24,29)(H2,25,26,27,28). The summed E-state index contributed by atoms with van der Waals surface area (Å²) in [7, 11) is -3.45. The largest absolute Gasteiger partial charge is 0.494 e. The van der Waals surface area contributed by atoms with Crippen LogP contribution in [0.3, 0.4) is 0 Å². The maximum Gasteiger partial charge on any atom is 0.250 e. The van der Waals surface area contributed by atoms with Crippen LogP contribution in [-0.2, 0) is 20.1 Å². The van der Waals surface area contributed by atoms with Crippen molar-refractivity contribution in [1.82, 2.24) is 19.9 Å². The number of nitrogens with zero attached hydrogens (tertiary/aromatic N) is 5. The first kappa shape index (κ1) is 48.7. The van der Waals surface area contributed by atoms with Crippen LogP contribution in [0.5, 0.6) is 11.5 Å². The first-order valence-electron chi connectivity index (χ1n) is 20.1. The molecule has 4 aromatic carbocycles. The van der Waals surface area contributed by atoms with Crippen LogP contribution in [-0.4, -0.2) is 72.0 Å². The number of primary amides is 1. The van der Waals surface area contributed by atoms with Gasteiger partial charge < -0.3 is 50.5 Å². The van der Waals surface area contributed by atoms with E-state index >= 15 is 0 Å². The van der Waals surface area contributed by atoms with E-state index in [1.165, 1.54) is 31.4 Å². The summed E-state index contributed by atoms with van der Waals surface area (Å²) in [6.45, 7) is 15.1. The Morgan fingerprint density at radius 3 is 2.05 bits per heavy atom. The van der Waals surface area contributed by atoms with Crippen molar-refractivity contribution >= 4 is 107 Å². The minimum absolute atomic E-state index is 0.234. The molecule has 0 aliphatic carbocycles. The van der Waals surface area contributed by atoms with E-state index in [1.54, 1.807) is 61.3 Å². The molecule has 0 radical (unpaired) electrons. The summed E-state index contributed by atoms with van der Waals surface area (Å²) < 4.78 is 36.4. The molecule has 2 amide bonds. The summed E-state index contributed by atoms with van der Waals surface area (Å²) in [4.78, 5) is 43.0. The molecule has 342 valence electrons. The number of hydrogen-bond acceptors (Lipinski definition) is 14. The Hall–Kier alpha value is -6.70. The normalized spacial score (nSPS) is 12.7. The van der Waals surface area contributed by atoms with E-state index in [-0.39, 0.29) is 16.9 Å². The van der Waals surface area contributed by atoms with Crippen molar-refractivity contribution in [2.24, 2.45) is 5.73 Å². The van der Waals surface area contributed by atoms with Crippen LogP contribution in [0.1, 0.15) is 21.5 Å². The van der Waals surface area contributed by atoms with Gasteiger partial charge >= 0.3 is 0 Å². The van der Waals surface area contributed by atoms with Crippen molar-refractivity contribution in [2.75, 3.05) is 66.4 Å². The maximum absolute atomic E-state index is 12.7. The topological polar surface area (TPSA) is 216 Å². The van der Waals surface area contributed by atoms with Gasteiger partial charge in [-0.2, -0.15) is 9.97 Å². The summed E-state index contributed by atoms with van der Waals surface area (Å²) in [5, 5.41) is 13.8. The third kappa shape index (κ3) is 12.1. The fourth-order valence-corrected chi connectivity index (χ4v) is 9.04. The Balaban J connectivity index is 0.000000220. The monoisotopic (exact) mass is 968 g/mol. The molecule has 1 aliphatic rings. The highest BCUT2D eigenvalue weighted by molar-refractivity contribution is 7.70. The van der Waals surface area contributed by atoms with Gasteiger partial charge in [-0.3, -0.25) is 9.59 Å². The van der Waals surface area contributed by atoms with E-state index in [4.69, 9.17) is 38.4 Å². The van der Waals surface area contributed by atoms with Crippen LogP contribution < -0.4 is 46.7 Å².